The number of hydrogen-bond donors (Lipinski definition) is 1. The highest BCUT2D eigenvalue weighted by atomic mass is 35.5. The molecule has 0 unspecified atom stereocenters. The van der Waals surface area contributed by atoms with E-state index in [1.165, 1.54) is 0 Å². The maximum atomic E-state index is 13.2. The SMILES string of the molecule is C=Cn1c(Nc2ccc(C(F)(F)F)cc2C(F)(F)F)nc(C(F)(F)F)c(Cl)c1=O. The summed E-state index contributed by atoms with van der Waals surface area (Å²) in [6.07, 6.45) is -15.0. The van der Waals surface area contributed by atoms with Crippen LogP contribution >= 0.6 is 11.6 Å². The zero-order chi connectivity index (χ0) is 22.4. The van der Waals surface area contributed by atoms with Gasteiger partial charge in [-0.1, -0.05) is 18.2 Å². The summed E-state index contributed by atoms with van der Waals surface area (Å²) in [6, 6.07) is 0.376. The van der Waals surface area contributed by atoms with Gasteiger partial charge in [-0.3, -0.25) is 9.36 Å². The van der Waals surface area contributed by atoms with Gasteiger partial charge in [-0.05, 0) is 18.2 Å². The number of nitrogens with one attached hydrogen (secondary N) is 1. The second-order valence-corrected chi connectivity index (χ2v) is 5.71. The first-order valence-corrected chi connectivity index (χ1v) is 7.52. The van der Waals surface area contributed by atoms with Crippen molar-refractivity contribution in [1.29, 1.82) is 0 Å². The van der Waals surface area contributed by atoms with Crippen LogP contribution in [0.2, 0.25) is 5.02 Å². The first-order valence-electron chi connectivity index (χ1n) is 7.14. The lowest BCUT2D eigenvalue weighted by molar-refractivity contribution is -0.143. The summed E-state index contributed by atoms with van der Waals surface area (Å²) in [4.78, 5) is 15.0. The van der Waals surface area contributed by atoms with Crippen LogP contribution in [-0.2, 0) is 18.5 Å². The number of aromatic nitrogens is 2. The fourth-order valence-corrected chi connectivity index (χ4v) is 2.38. The van der Waals surface area contributed by atoms with Crippen molar-refractivity contribution in [2.75, 3.05) is 5.32 Å². The van der Waals surface area contributed by atoms with E-state index in [1.807, 2.05) is 0 Å². The molecule has 0 bridgehead atoms. The lowest BCUT2D eigenvalue weighted by atomic mass is 10.1. The molecule has 0 atom stereocenters. The first kappa shape index (κ1) is 22.6. The van der Waals surface area contributed by atoms with Crippen molar-refractivity contribution in [3.05, 3.63) is 57.0 Å². The first-order chi connectivity index (χ1) is 13.1. The molecule has 2 rings (SSSR count). The molecule has 0 spiro atoms. The van der Waals surface area contributed by atoms with Crippen LogP contribution in [0, 0.1) is 0 Å². The Labute approximate surface area is 160 Å². The molecule has 1 N–H and O–H groups in total. The predicted molar refractivity (Wildman–Crippen MR) is 84.6 cm³/mol. The molecule has 158 valence electrons. The van der Waals surface area contributed by atoms with E-state index in [9.17, 15) is 44.3 Å². The van der Waals surface area contributed by atoms with Crippen molar-refractivity contribution in [3.63, 3.8) is 0 Å². The fourth-order valence-electron chi connectivity index (χ4n) is 2.14. The van der Waals surface area contributed by atoms with Crippen molar-refractivity contribution in [1.82, 2.24) is 9.55 Å². The quantitative estimate of drug-likeness (QED) is 0.600. The Kier molecular flexibility index (Phi) is 5.67. The number of benzene rings is 1. The third kappa shape index (κ3) is 4.66. The van der Waals surface area contributed by atoms with Gasteiger partial charge in [0.05, 0.1) is 16.8 Å². The number of hydrogen-bond acceptors (Lipinski definition) is 3. The highest BCUT2D eigenvalue weighted by molar-refractivity contribution is 6.31. The molecule has 4 nitrogen and oxygen atoms in total. The summed E-state index contributed by atoms with van der Waals surface area (Å²) in [7, 11) is 0. The van der Waals surface area contributed by atoms with Gasteiger partial charge in [-0.25, -0.2) is 4.98 Å². The predicted octanol–water partition coefficient (Wildman–Crippen LogP) is 5.80. The summed E-state index contributed by atoms with van der Waals surface area (Å²) in [5, 5.41) is 0.423. The van der Waals surface area contributed by atoms with E-state index < -0.39 is 57.6 Å². The van der Waals surface area contributed by atoms with Crippen LogP contribution in [0.3, 0.4) is 0 Å². The van der Waals surface area contributed by atoms with Crippen LogP contribution in [0.5, 0.6) is 0 Å². The van der Waals surface area contributed by atoms with Crippen LogP contribution < -0.4 is 10.9 Å². The summed E-state index contributed by atoms with van der Waals surface area (Å²) in [5.74, 6) is -1.09. The standard InChI is InChI=1S/C15H7ClF9N3O/c1-2-28-11(29)9(16)10(15(23,24)25)27-12(28)26-8-4-3-6(13(17,18)19)5-7(8)14(20,21)22/h2-5H,1H2,(H,26,27). The molecular weight excluding hydrogens is 445 g/mol. The largest absolute Gasteiger partial charge is 0.435 e. The second kappa shape index (κ2) is 7.28. The molecule has 29 heavy (non-hydrogen) atoms. The number of nitrogens with zero attached hydrogens (tertiary/aromatic N) is 2. The monoisotopic (exact) mass is 451 g/mol. The van der Waals surface area contributed by atoms with Crippen LogP contribution in [0.4, 0.5) is 51.1 Å². The molecule has 1 heterocycles. The molecule has 0 radical (unpaired) electrons. The highest BCUT2D eigenvalue weighted by Crippen LogP contribution is 2.40. The maximum Gasteiger partial charge on any atom is 0.435 e. The second-order valence-electron chi connectivity index (χ2n) is 5.33. The summed E-state index contributed by atoms with van der Waals surface area (Å²) >= 11 is 5.32. The topological polar surface area (TPSA) is 46.9 Å². The number of alkyl halides is 9. The molecule has 0 fully saturated rings. The summed E-state index contributed by atoms with van der Waals surface area (Å²) in [5.41, 5.74) is -7.97. The highest BCUT2D eigenvalue weighted by Gasteiger charge is 2.40. The van der Waals surface area contributed by atoms with E-state index >= 15 is 0 Å². The van der Waals surface area contributed by atoms with Crippen molar-refractivity contribution in [3.8, 4) is 0 Å². The molecule has 0 saturated heterocycles. The van der Waals surface area contributed by atoms with Crippen LogP contribution in [0.15, 0.2) is 29.6 Å². The van der Waals surface area contributed by atoms with E-state index in [2.05, 4.69) is 11.6 Å². The van der Waals surface area contributed by atoms with E-state index in [0.717, 1.165) is 0 Å². The molecule has 0 saturated carbocycles. The minimum Gasteiger partial charge on any atom is -0.325 e. The fraction of sp³-hybridized carbons (Fsp3) is 0.200. The van der Waals surface area contributed by atoms with Gasteiger partial charge in [0, 0.05) is 6.20 Å². The molecule has 0 aliphatic carbocycles. The molecule has 0 aliphatic heterocycles. The lowest BCUT2D eigenvalue weighted by Crippen LogP contribution is -2.26. The van der Waals surface area contributed by atoms with E-state index in [0.29, 0.717) is 12.3 Å². The Morgan fingerprint density at radius 3 is 2.03 bits per heavy atom. The molecule has 1 aromatic heterocycles. The van der Waals surface area contributed by atoms with E-state index in [1.54, 1.807) is 5.32 Å². The molecular formula is C15H7ClF9N3O. The van der Waals surface area contributed by atoms with Gasteiger partial charge in [-0.15, -0.1) is 0 Å². The van der Waals surface area contributed by atoms with Crippen LogP contribution in [-0.4, -0.2) is 9.55 Å². The molecule has 0 amide bonds. The minimum absolute atomic E-state index is 0.237. The van der Waals surface area contributed by atoms with Gasteiger partial charge in [0.2, 0.25) is 5.95 Å². The minimum atomic E-state index is -5.32. The zero-order valence-electron chi connectivity index (χ0n) is 13.6. The van der Waals surface area contributed by atoms with Gasteiger partial charge in [0.15, 0.2) is 5.69 Å². The summed E-state index contributed by atoms with van der Waals surface area (Å²) in [6.45, 7) is 3.12. The Morgan fingerprint density at radius 2 is 1.59 bits per heavy atom. The van der Waals surface area contributed by atoms with Gasteiger partial charge >= 0.3 is 18.5 Å². The normalized spacial score (nSPS) is 12.8. The zero-order valence-corrected chi connectivity index (χ0v) is 14.4. The Bertz CT molecular complexity index is 1010. The Morgan fingerprint density at radius 1 is 1.00 bits per heavy atom. The molecule has 2 aromatic rings. The van der Waals surface area contributed by atoms with Crippen molar-refractivity contribution in [2.24, 2.45) is 0 Å². The van der Waals surface area contributed by atoms with Crippen LogP contribution in [0.25, 0.3) is 6.20 Å². The van der Waals surface area contributed by atoms with E-state index in [-0.39, 0.29) is 16.7 Å². The smallest absolute Gasteiger partial charge is 0.325 e. The van der Waals surface area contributed by atoms with Gasteiger partial charge < -0.3 is 5.32 Å². The Hall–Kier alpha value is -2.70. The lowest BCUT2D eigenvalue weighted by Gasteiger charge is -2.19. The Balaban J connectivity index is 2.72. The molecule has 1 aromatic carbocycles. The third-order valence-corrected chi connectivity index (χ3v) is 3.75. The molecule has 0 aliphatic rings. The number of rotatable bonds is 3. The van der Waals surface area contributed by atoms with Gasteiger partial charge in [0.25, 0.3) is 5.56 Å². The summed E-state index contributed by atoms with van der Waals surface area (Å²) < 4.78 is 117. The number of anilines is 2. The van der Waals surface area contributed by atoms with Gasteiger partial charge in [0.1, 0.15) is 5.02 Å². The number of halogens is 10. The van der Waals surface area contributed by atoms with E-state index in [4.69, 9.17) is 11.6 Å². The third-order valence-electron chi connectivity index (χ3n) is 3.41. The van der Waals surface area contributed by atoms with Gasteiger partial charge in [-0.2, -0.15) is 39.5 Å². The van der Waals surface area contributed by atoms with Crippen molar-refractivity contribution >= 4 is 29.4 Å². The van der Waals surface area contributed by atoms with Crippen LogP contribution in [0.1, 0.15) is 16.8 Å². The maximum absolute atomic E-state index is 13.2. The molecule has 14 heteroatoms. The van der Waals surface area contributed by atoms with Crippen molar-refractivity contribution in [2.45, 2.75) is 18.5 Å². The average molecular weight is 452 g/mol. The van der Waals surface area contributed by atoms with Crippen molar-refractivity contribution < 1.29 is 39.5 Å². The average Bonchev–Trinajstić information content (AvgIpc) is 2.55.